The average molecular weight is 628 g/mol. The van der Waals surface area contributed by atoms with Gasteiger partial charge < -0.3 is 10.2 Å². The fourth-order valence-corrected chi connectivity index (χ4v) is 7.08. The van der Waals surface area contributed by atoms with E-state index in [2.05, 4.69) is 5.32 Å². The maximum Gasteiger partial charge on any atom is 0.264 e. The zero-order chi connectivity index (χ0) is 31.8. The van der Waals surface area contributed by atoms with E-state index in [9.17, 15) is 22.4 Å². The summed E-state index contributed by atoms with van der Waals surface area (Å²) in [5.41, 5.74) is 3.02. The molecular weight excluding hydrogens is 589 g/mol. The quantitative estimate of drug-likeness (QED) is 0.208. The fourth-order valence-electron chi connectivity index (χ4n) is 5.67. The Balaban J connectivity index is 1.54. The van der Waals surface area contributed by atoms with Crippen LogP contribution in [0.3, 0.4) is 0 Å². The predicted octanol–water partition coefficient (Wildman–Crippen LogP) is 6.03. The van der Waals surface area contributed by atoms with E-state index < -0.39 is 34.3 Å². The van der Waals surface area contributed by atoms with E-state index >= 15 is 0 Å². The number of halogens is 1. The molecule has 0 spiro atoms. The second kappa shape index (κ2) is 14.5. The SMILES string of the molecule is Cc1ccc(CN(C(=O)CN(c2ccccc2)S(=O)(=O)c2ccc(F)cc2)[C@@H](Cc2ccccc2)C(=O)NC2CCCC2)cc1. The lowest BCUT2D eigenvalue weighted by molar-refractivity contribution is -0.140. The van der Waals surface area contributed by atoms with Crippen molar-refractivity contribution in [3.05, 3.63) is 132 Å². The van der Waals surface area contributed by atoms with Crippen LogP contribution in [0.2, 0.25) is 0 Å². The minimum absolute atomic E-state index is 0.0340. The van der Waals surface area contributed by atoms with E-state index in [0.29, 0.717) is 0 Å². The Morgan fingerprint density at radius 1 is 0.822 bits per heavy atom. The summed E-state index contributed by atoms with van der Waals surface area (Å²) in [4.78, 5) is 29.9. The lowest BCUT2D eigenvalue weighted by Gasteiger charge is -2.34. The molecule has 2 amide bonds. The van der Waals surface area contributed by atoms with Crippen LogP contribution < -0.4 is 9.62 Å². The Hall–Kier alpha value is -4.50. The summed E-state index contributed by atoms with van der Waals surface area (Å²) in [5.74, 6) is -1.37. The largest absolute Gasteiger partial charge is 0.352 e. The molecule has 45 heavy (non-hydrogen) atoms. The average Bonchev–Trinajstić information content (AvgIpc) is 3.56. The molecular formula is C36H38FN3O4S. The van der Waals surface area contributed by atoms with Crippen molar-refractivity contribution in [2.24, 2.45) is 0 Å². The molecule has 1 aliphatic rings. The number of nitrogens with one attached hydrogen (secondary N) is 1. The van der Waals surface area contributed by atoms with Crippen molar-refractivity contribution in [3.8, 4) is 0 Å². The Morgan fingerprint density at radius 2 is 1.42 bits per heavy atom. The molecule has 7 nitrogen and oxygen atoms in total. The van der Waals surface area contributed by atoms with Gasteiger partial charge in [0.05, 0.1) is 10.6 Å². The van der Waals surface area contributed by atoms with Gasteiger partial charge in [-0.2, -0.15) is 0 Å². The molecule has 1 aliphatic carbocycles. The highest BCUT2D eigenvalue weighted by atomic mass is 32.2. The van der Waals surface area contributed by atoms with Crippen molar-refractivity contribution >= 4 is 27.5 Å². The minimum atomic E-state index is -4.28. The van der Waals surface area contributed by atoms with Gasteiger partial charge in [0.2, 0.25) is 11.8 Å². The number of benzene rings is 4. The molecule has 4 aromatic carbocycles. The second-order valence-corrected chi connectivity index (χ2v) is 13.4. The van der Waals surface area contributed by atoms with Gasteiger partial charge in [0.25, 0.3) is 10.0 Å². The Bertz CT molecular complexity index is 1680. The number of anilines is 1. The maximum atomic E-state index is 14.5. The topological polar surface area (TPSA) is 86.8 Å². The molecule has 0 aliphatic heterocycles. The zero-order valence-corrected chi connectivity index (χ0v) is 26.1. The van der Waals surface area contributed by atoms with Gasteiger partial charge in [-0.05, 0) is 67.3 Å². The highest BCUT2D eigenvalue weighted by Gasteiger charge is 2.35. The summed E-state index contributed by atoms with van der Waals surface area (Å²) in [6.07, 6.45) is 4.09. The van der Waals surface area contributed by atoms with Gasteiger partial charge in [0.1, 0.15) is 18.4 Å². The van der Waals surface area contributed by atoms with Crippen LogP contribution in [0.5, 0.6) is 0 Å². The molecule has 0 radical (unpaired) electrons. The highest BCUT2D eigenvalue weighted by molar-refractivity contribution is 7.92. The molecule has 1 N–H and O–H groups in total. The van der Waals surface area contributed by atoms with Crippen LogP contribution in [0, 0.1) is 12.7 Å². The summed E-state index contributed by atoms with van der Waals surface area (Å²) < 4.78 is 42.7. The first-order valence-electron chi connectivity index (χ1n) is 15.2. The number of nitrogens with zero attached hydrogens (tertiary/aromatic N) is 2. The van der Waals surface area contributed by atoms with Crippen LogP contribution in [-0.2, 0) is 32.6 Å². The molecule has 0 aromatic heterocycles. The normalized spacial score (nSPS) is 14.1. The summed E-state index contributed by atoms with van der Waals surface area (Å²) in [6.45, 7) is 1.52. The van der Waals surface area contributed by atoms with E-state index in [4.69, 9.17) is 0 Å². The molecule has 1 saturated carbocycles. The number of amides is 2. The van der Waals surface area contributed by atoms with Crippen molar-refractivity contribution in [1.82, 2.24) is 10.2 Å². The predicted molar refractivity (Wildman–Crippen MR) is 173 cm³/mol. The third-order valence-corrected chi connectivity index (χ3v) is 9.96. The van der Waals surface area contributed by atoms with Crippen LogP contribution in [0.1, 0.15) is 42.4 Å². The first kappa shape index (κ1) is 31.9. The van der Waals surface area contributed by atoms with Gasteiger partial charge in [0.15, 0.2) is 0 Å². The summed E-state index contributed by atoms with van der Waals surface area (Å²) in [6, 6.07) is 29.2. The Morgan fingerprint density at radius 3 is 2.04 bits per heavy atom. The molecule has 1 fully saturated rings. The van der Waals surface area contributed by atoms with Crippen LogP contribution >= 0.6 is 0 Å². The van der Waals surface area contributed by atoms with E-state index in [1.807, 2.05) is 61.5 Å². The lowest BCUT2D eigenvalue weighted by atomic mass is 10.0. The molecule has 0 saturated heterocycles. The van der Waals surface area contributed by atoms with Crippen molar-refractivity contribution in [2.45, 2.75) is 62.6 Å². The van der Waals surface area contributed by atoms with E-state index in [1.165, 1.54) is 17.0 Å². The molecule has 1 atom stereocenters. The molecule has 0 heterocycles. The van der Waals surface area contributed by atoms with Crippen molar-refractivity contribution in [2.75, 3.05) is 10.8 Å². The fraction of sp³-hybridized carbons (Fsp3) is 0.278. The van der Waals surface area contributed by atoms with Crippen LogP contribution in [0.15, 0.2) is 114 Å². The maximum absolute atomic E-state index is 14.5. The van der Waals surface area contributed by atoms with Gasteiger partial charge in [-0.1, -0.05) is 91.2 Å². The number of rotatable bonds is 12. The van der Waals surface area contributed by atoms with Crippen molar-refractivity contribution in [1.29, 1.82) is 0 Å². The number of carbonyl (C=O) groups excluding carboxylic acids is 2. The zero-order valence-electron chi connectivity index (χ0n) is 25.3. The smallest absolute Gasteiger partial charge is 0.264 e. The van der Waals surface area contributed by atoms with Gasteiger partial charge in [-0.3, -0.25) is 13.9 Å². The van der Waals surface area contributed by atoms with Crippen molar-refractivity contribution < 1.29 is 22.4 Å². The van der Waals surface area contributed by atoms with Crippen LogP contribution in [0.25, 0.3) is 0 Å². The van der Waals surface area contributed by atoms with Gasteiger partial charge in [0, 0.05) is 19.0 Å². The number of para-hydroxylation sites is 1. The Labute approximate surface area is 264 Å². The monoisotopic (exact) mass is 627 g/mol. The number of hydrogen-bond donors (Lipinski definition) is 1. The number of hydrogen-bond acceptors (Lipinski definition) is 4. The first-order chi connectivity index (χ1) is 21.7. The molecule has 5 rings (SSSR count). The van der Waals surface area contributed by atoms with Gasteiger partial charge in [-0.25, -0.2) is 12.8 Å². The van der Waals surface area contributed by atoms with Crippen LogP contribution in [-0.4, -0.2) is 43.8 Å². The van der Waals surface area contributed by atoms with E-state index in [-0.39, 0.29) is 35.5 Å². The van der Waals surface area contributed by atoms with E-state index in [1.54, 1.807) is 30.3 Å². The summed E-state index contributed by atoms with van der Waals surface area (Å²) in [7, 11) is -4.28. The minimum Gasteiger partial charge on any atom is -0.352 e. The highest BCUT2D eigenvalue weighted by Crippen LogP contribution is 2.26. The molecule has 4 aromatic rings. The van der Waals surface area contributed by atoms with Crippen LogP contribution in [0.4, 0.5) is 10.1 Å². The summed E-state index contributed by atoms with van der Waals surface area (Å²) >= 11 is 0. The van der Waals surface area contributed by atoms with E-state index in [0.717, 1.165) is 58.8 Å². The number of aryl methyl sites for hydroxylation is 1. The molecule has 9 heteroatoms. The summed E-state index contributed by atoms with van der Waals surface area (Å²) in [5, 5.41) is 3.18. The first-order valence-corrected chi connectivity index (χ1v) is 16.7. The third kappa shape index (κ3) is 8.16. The third-order valence-electron chi connectivity index (χ3n) is 8.17. The Kier molecular flexibility index (Phi) is 10.3. The lowest BCUT2D eigenvalue weighted by Crippen LogP contribution is -2.54. The molecule has 0 unspecified atom stereocenters. The standard InChI is InChI=1S/C36H38FN3O4S/c1-27-16-18-29(19-17-27)25-39(34(24-28-10-4-2-5-11-28)36(42)38-31-12-8-9-13-31)35(41)26-40(32-14-6-3-7-15-32)45(43,44)33-22-20-30(37)21-23-33/h2-7,10-11,14-23,31,34H,8-9,12-13,24-26H2,1H3,(H,38,42)/t34-/m0/s1. The van der Waals surface area contributed by atoms with Gasteiger partial charge in [-0.15, -0.1) is 0 Å². The van der Waals surface area contributed by atoms with Gasteiger partial charge >= 0.3 is 0 Å². The number of sulfonamides is 1. The molecule has 0 bridgehead atoms. The molecule has 234 valence electrons. The number of carbonyl (C=O) groups is 2. The van der Waals surface area contributed by atoms with Crippen molar-refractivity contribution in [3.63, 3.8) is 0 Å². The second-order valence-electron chi connectivity index (χ2n) is 11.5.